The van der Waals surface area contributed by atoms with Crippen molar-refractivity contribution in [2.75, 3.05) is 17.1 Å². The van der Waals surface area contributed by atoms with Crippen molar-refractivity contribution in [1.82, 2.24) is 10.2 Å². The average Bonchev–Trinajstić information content (AvgIpc) is 3.47. The van der Waals surface area contributed by atoms with E-state index in [4.69, 9.17) is 23.2 Å². The predicted octanol–water partition coefficient (Wildman–Crippen LogP) is 6.55. The Morgan fingerprint density at radius 3 is 2.30 bits per heavy atom. The number of carbonyl (C=O) groups excluding carboxylic acids is 2. The van der Waals surface area contributed by atoms with Crippen molar-refractivity contribution in [3.8, 4) is 0 Å². The number of hydrogen-bond acceptors (Lipinski definition) is 4. The smallest absolute Gasteiger partial charge is 0.243 e. The monoisotopic (exact) mass is 643 g/mol. The Labute approximate surface area is 265 Å². The second-order valence-corrected chi connectivity index (χ2v) is 13.9. The highest BCUT2D eigenvalue weighted by Gasteiger charge is 2.32. The lowest BCUT2D eigenvalue weighted by Crippen LogP contribution is -2.52. The van der Waals surface area contributed by atoms with Gasteiger partial charge in [-0.25, -0.2) is 8.42 Å². The van der Waals surface area contributed by atoms with Gasteiger partial charge in [0.25, 0.3) is 0 Å². The van der Waals surface area contributed by atoms with Crippen LogP contribution in [0.4, 0.5) is 5.69 Å². The quantitative estimate of drug-likeness (QED) is 0.229. The maximum absolute atomic E-state index is 14.0. The Balaban J connectivity index is 1.61. The highest BCUT2D eigenvalue weighted by atomic mass is 35.5. The number of carbonyl (C=O) groups is 2. The fourth-order valence-electron chi connectivity index (χ4n) is 5.58. The van der Waals surface area contributed by atoms with Crippen molar-refractivity contribution in [2.45, 2.75) is 70.5 Å². The molecule has 3 aromatic carbocycles. The molecule has 1 fully saturated rings. The fraction of sp³-hybridized carbons (Fsp3) is 0.394. The molecule has 10 heteroatoms. The van der Waals surface area contributed by atoms with Crippen molar-refractivity contribution in [3.05, 3.63) is 99.5 Å². The molecule has 2 amide bonds. The van der Waals surface area contributed by atoms with Crippen LogP contribution >= 0.6 is 23.2 Å². The topological polar surface area (TPSA) is 86.8 Å². The number of benzene rings is 3. The molecule has 0 saturated heterocycles. The molecule has 4 rings (SSSR count). The minimum atomic E-state index is -3.59. The van der Waals surface area contributed by atoms with Crippen LogP contribution in [0.15, 0.2) is 72.8 Å². The standard InChI is InChI=1S/C33H39Cl2N3O4S/c1-24-11-6-9-16-30(24)38(43(2,41)42)20-10-17-32(39)37(23-26-18-19-27(34)22-29(26)35)31(21-25-12-4-3-5-13-25)33(40)36-28-14-7-8-15-28/h3-6,9,11-13,16,18-19,22,28,31H,7-8,10,14-15,17,20-21,23H2,1-2H3,(H,36,40)/t31-/m1/s1. The molecule has 7 nitrogen and oxygen atoms in total. The summed E-state index contributed by atoms with van der Waals surface area (Å²) in [4.78, 5) is 29.5. The molecule has 1 saturated carbocycles. The van der Waals surface area contributed by atoms with Crippen LogP contribution in [0.1, 0.15) is 55.2 Å². The van der Waals surface area contributed by atoms with Crippen LogP contribution in [0.25, 0.3) is 0 Å². The summed E-state index contributed by atoms with van der Waals surface area (Å²) >= 11 is 12.7. The molecule has 1 N–H and O–H groups in total. The first-order valence-corrected chi connectivity index (χ1v) is 17.2. The number of hydrogen-bond donors (Lipinski definition) is 1. The number of sulfonamides is 1. The van der Waals surface area contributed by atoms with E-state index < -0.39 is 16.1 Å². The van der Waals surface area contributed by atoms with E-state index in [9.17, 15) is 18.0 Å². The van der Waals surface area contributed by atoms with Gasteiger partial charge in [0, 0.05) is 42.0 Å². The van der Waals surface area contributed by atoms with Crippen LogP contribution < -0.4 is 9.62 Å². The third-order valence-electron chi connectivity index (χ3n) is 7.86. The molecular weight excluding hydrogens is 605 g/mol. The van der Waals surface area contributed by atoms with E-state index in [0.717, 1.165) is 36.8 Å². The molecule has 0 radical (unpaired) electrons. The Morgan fingerprint density at radius 2 is 1.65 bits per heavy atom. The first-order valence-electron chi connectivity index (χ1n) is 14.6. The maximum Gasteiger partial charge on any atom is 0.243 e. The Morgan fingerprint density at radius 1 is 0.977 bits per heavy atom. The van der Waals surface area contributed by atoms with Crippen LogP contribution in [0.2, 0.25) is 10.0 Å². The number of nitrogens with one attached hydrogen (secondary N) is 1. The van der Waals surface area contributed by atoms with Crippen LogP contribution in [-0.4, -0.2) is 50.0 Å². The minimum absolute atomic E-state index is 0.0467. The van der Waals surface area contributed by atoms with E-state index in [0.29, 0.717) is 27.7 Å². The van der Waals surface area contributed by atoms with Gasteiger partial charge in [0.05, 0.1) is 11.9 Å². The number of rotatable bonds is 13. The molecule has 1 aliphatic carbocycles. The molecule has 43 heavy (non-hydrogen) atoms. The number of amides is 2. The van der Waals surface area contributed by atoms with Crippen LogP contribution in [0.5, 0.6) is 0 Å². The number of halogens is 2. The third-order valence-corrected chi connectivity index (χ3v) is 9.63. The van der Waals surface area contributed by atoms with Gasteiger partial charge in [-0.2, -0.15) is 0 Å². The first-order chi connectivity index (χ1) is 20.5. The largest absolute Gasteiger partial charge is 0.352 e. The zero-order valence-electron chi connectivity index (χ0n) is 24.6. The first kappa shape index (κ1) is 32.8. The van der Waals surface area contributed by atoms with E-state index in [1.807, 2.05) is 49.4 Å². The van der Waals surface area contributed by atoms with E-state index in [2.05, 4.69) is 5.32 Å². The minimum Gasteiger partial charge on any atom is -0.352 e. The van der Waals surface area contributed by atoms with Crippen LogP contribution in [-0.2, 0) is 32.6 Å². The maximum atomic E-state index is 14.0. The zero-order chi connectivity index (χ0) is 31.0. The highest BCUT2D eigenvalue weighted by Crippen LogP contribution is 2.26. The van der Waals surface area contributed by atoms with Gasteiger partial charge in [-0.1, -0.05) is 90.6 Å². The fourth-order valence-corrected chi connectivity index (χ4v) is 7.07. The van der Waals surface area contributed by atoms with Crippen LogP contribution in [0, 0.1) is 6.92 Å². The van der Waals surface area contributed by atoms with E-state index in [1.54, 1.807) is 35.2 Å². The summed E-state index contributed by atoms with van der Waals surface area (Å²) in [6.45, 7) is 2.09. The van der Waals surface area contributed by atoms with E-state index in [-0.39, 0.29) is 43.8 Å². The second-order valence-electron chi connectivity index (χ2n) is 11.2. The molecule has 3 aromatic rings. The van der Waals surface area contributed by atoms with Crippen molar-refractivity contribution in [3.63, 3.8) is 0 Å². The van der Waals surface area contributed by atoms with Gasteiger partial charge in [0.1, 0.15) is 6.04 Å². The normalized spacial score (nSPS) is 14.3. The summed E-state index contributed by atoms with van der Waals surface area (Å²) in [6, 6.07) is 21.3. The Kier molecular flexibility index (Phi) is 11.5. The second kappa shape index (κ2) is 15.1. The summed E-state index contributed by atoms with van der Waals surface area (Å²) in [7, 11) is -3.59. The van der Waals surface area contributed by atoms with Crippen molar-refractivity contribution >= 4 is 50.7 Å². The molecule has 0 aromatic heterocycles. The van der Waals surface area contributed by atoms with Gasteiger partial charge in [0.2, 0.25) is 21.8 Å². The Bertz CT molecular complexity index is 1510. The Hall–Kier alpha value is -3.07. The third kappa shape index (κ3) is 9.21. The van der Waals surface area contributed by atoms with Crippen molar-refractivity contribution in [1.29, 1.82) is 0 Å². The lowest BCUT2D eigenvalue weighted by Gasteiger charge is -2.33. The predicted molar refractivity (Wildman–Crippen MR) is 174 cm³/mol. The molecule has 0 unspecified atom stereocenters. The van der Waals surface area contributed by atoms with Gasteiger partial charge in [-0.05, 0) is 61.1 Å². The molecule has 0 bridgehead atoms. The molecule has 230 valence electrons. The van der Waals surface area contributed by atoms with Gasteiger partial charge >= 0.3 is 0 Å². The molecule has 0 spiro atoms. The number of para-hydroxylation sites is 1. The summed E-state index contributed by atoms with van der Waals surface area (Å²) < 4.78 is 26.8. The van der Waals surface area contributed by atoms with E-state index >= 15 is 0 Å². The van der Waals surface area contributed by atoms with Gasteiger partial charge in [-0.3, -0.25) is 13.9 Å². The molecule has 1 atom stereocenters. The van der Waals surface area contributed by atoms with Crippen molar-refractivity contribution in [2.24, 2.45) is 0 Å². The SMILES string of the molecule is Cc1ccccc1N(CCCC(=O)N(Cc1ccc(Cl)cc1Cl)[C@H](Cc1ccccc1)C(=O)NC1CCCC1)S(C)(=O)=O. The van der Waals surface area contributed by atoms with Gasteiger partial charge in [0.15, 0.2) is 0 Å². The summed E-state index contributed by atoms with van der Waals surface area (Å²) in [5.74, 6) is -0.460. The molecular formula is C33H39Cl2N3O4S. The molecule has 0 heterocycles. The zero-order valence-corrected chi connectivity index (χ0v) is 27.0. The number of aryl methyl sites for hydroxylation is 1. The van der Waals surface area contributed by atoms with Crippen molar-refractivity contribution < 1.29 is 18.0 Å². The molecule has 1 aliphatic rings. The van der Waals surface area contributed by atoms with Crippen LogP contribution in [0.3, 0.4) is 0 Å². The highest BCUT2D eigenvalue weighted by molar-refractivity contribution is 7.92. The van der Waals surface area contributed by atoms with Gasteiger partial charge < -0.3 is 10.2 Å². The average molecular weight is 645 g/mol. The number of nitrogens with zero attached hydrogens (tertiary/aromatic N) is 2. The number of anilines is 1. The summed E-state index contributed by atoms with van der Waals surface area (Å²) in [5.41, 5.74) is 3.01. The lowest BCUT2D eigenvalue weighted by molar-refractivity contribution is -0.141. The van der Waals surface area contributed by atoms with E-state index in [1.165, 1.54) is 10.6 Å². The lowest BCUT2D eigenvalue weighted by atomic mass is 10.0. The summed E-state index contributed by atoms with van der Waals surface area (Å²) in [6.07, 6.45) is 5.78. The molecule has 0 aliphatic heterocycles. The van der Waals surface area contributed by atoms with Gasteiger partial charge in [-0.15, -0.1) is 0 Å². The summed E-state index contributed by atoms with van der Waals surface area (Å²) in [5, 5.41) is 4.07.